The molecule has 0 atom stereocenters. The molecule has 7 nitrogen and oxygen atoms in total. The van der Waals surface area contributed by atoms with E-state index >= 15 is 0 Å². The van der Waals surface area contributed by atoms with Gasteiger partial charge in [0, 0.05) is 11.8 Å². The lowest BCUT2D eigenvalue weighted by Crippen LogP contribution is -2.37. The molecule has 0 fully saturated rings. The summed E-state index contributed by atoms with van der Waals surface area (Å²) in [6.45, 7) is 5.68. The zero-order valence-electron chi connectivity index (χ0n) is 18.4. The zero-order chi connectivity index (χ0) is 23.5. The number of carbonyl (C=O) groups is 1. The van der Waals surface area contributed by atoms with E-state index in [4.69, 9.17) is 21.4 Å². The number of amides is 1. The SMILES string of the molecule is Cc1cc(C)c2oc(-c3ccc(NC(=S)NC(=O)COc4ccccc4C)cc3O)nc2c1. The Morgan fingerprint density at radius 3 is 2.64 bits per heavy atom. The number of aromatic hydroxyl groups is 1. The van der Waals surface area contributed by atoms with Crippen molar-refractivity contribution >= 4 is 40.0 Å². The van der Waals surface area contributed by atoms with Crippen LogP contribution in [0.1, 0.15) is 16.7 Å². The molecule has 0 saturated heterocycles. The van der Waals surface area contributed by atoms with Gasteiger partial charge in [-0.25, -0.2) is 4.98 Å². The number of para-hydroxylation sites is 1. The molecule has 0 radical (unpaired) electrons. The summed E-state index contributed by atoms with van der Waals surface area (Å²) in [6, 6.07) is 16.3. The predicted octanol–water partition coefficient (Wildman–Crippen LogP) is 5.02. The van der Waals surface area contributed by atoms with Crippen molar-refractivity contribution in [1.82, 2.24) is 10.3 Å². The molecule has 0 aliphatic carbocycles. The number of fused-ring (bicyclic) bond motifs is 1. The van der Waals surface area contributed by atoms with Crippen LogP contribution in [0.4, 0.5) is 5.69 Å². The van der Waals surface area contributed by atoms with Gasteiger partial charge in [0.25, 0.3) is 5.91 Å². The second-order valence-electron chi connectivity index (χ2n) is 7.74. The molecule has 0 aliphatic heterocycles. The second kappa shape index (κ2) is 9.30. The average molecular weight is 462 g/mol. The van der Waals surface area contributed by atoms with Gasteiger partial charge in [0.2, 0.25) is 5.89 Å². The summed E-state index contributed by atoms with van der Waals surface area (Å²) >= 11 is 5.20. The molecule has 0 bridgehead atoms. The van der Waals surface area contributed by atoms with E-state index < -0.39 is 5.91 Å². The number of aromatic nitrogens is 1. The van der Waals surface area contributed by atoms with Crippen LogP contribution in [0.5, 0.6) is 11.5 Å². The molecule has 4 aromatic rings. The van der Waals surface area contributed by atoms with Crippen LogP contribution in [0.2, 0.25) is 0 Å². The maximum absolute atomic E-state index is 12.1. The third-order valence-electron chi connectivity index (χ3n) is 5.01. The topological polar surface area (TPSA) is 96.6 Å². The van der Waals surface area contributed by atoms with Gasteiger partial charge in [0.15, 0.2) is 17.3 Å². The van der Waals surface area contributed by atoms with E-state index in [9.17, 15) is 9.90 Å². The van der Waals surface area contributed by atoms with E-state index in [0.29, 0.717) is 28.5 Å². The first-order valence-corrected chi connectivity index (χ1v) is 10.7. The summed E-state index contributed by atoms with van der Waals surface area (Å²) in [5.41, 5.74) is 5.39. The minimum atomic E-state index is -0.395. The Balaban J connectivity index is 1.40. The fraction of sp³-hybridized carbons (Fsp3) is 0.160. The Morgan fingerprint density at radius 1 is 1.09 bits per heavy atom. The predicted molar refractivity (Wildman–Crippen MR) is 132 cm³/mol. The van der Waals surface area contributed by atoms with Crippen molar-refractivity contribution in [2.24, 2.45) is 0 Å². The molecule has 8 heteroatoms. The molecular weight excluding hydrogens is 438 g/mol. The maximum Gasteiger partial charge on any atom is 0.264 e. The van der Waals surface area contributed by atoms with E-state index in [2.05, 4.69) is 15.6 Å². The maximum atomic E-state index is 12.1. The number of hydrogen-bond acceptors (Lipinski definition) is 6. The first-order chi connectivity index (χ1) is 15.8. The minimum absolute atomic E-state index is 0.0297. The van der Waals surface area contributed by atoms with Crippen LogP contribution in [-0.4, -0.2) is 27.7 Å². The van der Waals surface area contributed by atoms with Crippen molar-refractivity contribution in [2.75, 3.05) is 11.9 Å². The van der Waals surface area contributed by atoms with Crippen LogP contribution in [-0.2, 0) is 4.79 Å². The monoisotopic (exact) mass is 461 g/mol. The highest BCUT2D eigenvalue weighted by Crippen LogP contribution is 2.34. The van der Waals surface area contributed by atoms with Crippen molar-refractivity contribution in [1.29, 1.82) is 0 Å². The first-order valence-electron chi connectivity index (χ1n) is 10.3. The fourth-order valence-electron chi connectivity index (χ4n) is 3.47. The number of nitrogens with zero attached hydrogens (tertiary/aromatic N) is 1. The number of anilines is 1. The molecule has 0 unspecified atom stereocenters. The molecule has 1 aromatic heterocycles. The number of oxazole rings is 1. The number of aryl methyl sites for hydroxylation is 3. The van der Waals surface area contributed by atoms with Crippen LogP contribution < -0.4 is 15.4 Å². The Kier molecular flexibility index (Phi) is 6.28. The molecule has 3 aromatic carbocycles. The lowest BCUT2D eigenvalue weighted by atomic mass is 10.1. The summed E-state index contributed by atoms with van der Waals surface area (Å²) < 4.78 is 11.4. The molecule has 4 rings (SSSR count). The van der Waals surface area contributed by atoms with Crippen molar-refractivity contribution in [3.05, 3.63) is 71.3 Å². The number of hydrogen-bond donors (Lipinski definition) is 3. The number of ether oxygens (including phenoxy) is 1. The highest BCUT2D eigenvalue weighted by Gasteiger charge is 2.15. The van der Waals surface area contributed by atoms with Gasteiger partial charge in [-0.05, 0) is 73.9 Å². The zero-order valence-corrected chi connectivity index (χ0v) is 19.2. The third-order valence-corrected chi connectivity index (χ3v) is 5.22. The van der Waals surface area contributed by atoms with Gasteiger partial charge in [-0.3, -0.25) is 10.1 Å². The minimum Gasteiger partial charge on any atom is -0.507 e. The van der Waals surface area contributed by atoms with Gasteiger partial charge in [-0.2, -0.15) is 0 Å². The number of nitrogens with one attached hydrogen (secondary N) is 2. The third kappa shape index (κ3) is 5.12. The Labute approximate surface area is 196 Å². The quantitative estimate of drug-likeness (QED) is 0.359. The van der Waals surface area contributed by atoms with Crippen LogP contribution in [0.25, 0.3) is 22.6 Å². The second-order valence-corrected chi connectivity index (χ2v) is 8.15. The van der Waals surface area contributed by atoms with Crippen molar-refractivity contribution < 1.29 is 19.1 Å². The molecule has 3 N–H and O–H groups in total. The average Bonchev–Trinajstić information content (AvgIpc) is 3.17. The number of carbonyl (C=O) groups excluding carboxylic acids is 1. The van der Waals surface area contributed by atoms with Crippen molar-refractivity contribution in [2.45, 2.75) is 20.8 Å². The van der Waals surface area contributed by atoms with Gasteiger partial charge in [0.1, 0.15) is 17.0 Å². The van der Waals surface area contributed by atoms with Gasteiger partial charge in [0.05, 0.1) is 5.56 Å². The van der Waals surface area contributed by atoms with Crippen LogP contribution in [0.15, 0.2) is 59.0 Å². The molecule has 0 saturated carbocycles. The smallest absolute Gasteiger partial charge is 0.264 e. The summed E-state index contributed by atoms with van der Waals surface area (Å²) in [5, 5.41) is 16.1. The van der Waals surface area contributed by atoms with Gasteiger partial charge in [-0.1, -0.05) is 24.3 Å². The number of phenolic OH excluding ortho intramolecular Hbond substituents is 1. The van der Waals surface area contributed by atoms with Gasteiger partial charge < -0.3 is 19.6 Å². The van der Waals surface area contributed by atoms with E-state index in [-0.39, 0.29) is 17.5 Å². The Morgan fingerprint density at radius 2 is 1.88 bits per heavy atom. The lowest BCUT2D eigenvalue weighted by Gasteiger charge is -2.12. The Bertz CT molecular complexity index is 1360. The van der Waals surface area contributed by atoms with E-state index in [1.54, 1.807) is 18.2 Å². The van der Waals surface area contributed by atoms with Gasteiger partial charge in [-0.15, -0.1) is 0 Å². The highest BCUT2D eigenvalue weighted by atomic mass is 32.1. The fourth-order valence-corrected chi connectivity index (χ4v) is 3.70. The summed E-state index contributed by atoms with van der Waals surface area (Å²) in [5.74, 6) is 0.537. The molecule has 33 heavy (non-hydrogen) atoms. The van der Waals surface area contributed by atoms with Crippen LogP contribution in [0.3, 0.4) is 0 Å². The number of benzene rings is 3. The lowest BCUT2D eigenvalue weighted by molar-refractivity contribution is -0.121. The molecule has 1 amide bonds. The molecule has 168 valence electrons. The standard InChI is InChI=1S/C25H23N3O4S/c1-14-10-16(3)23-19(11-14)27-24(32-23)18-9-8-17(12-20(18)29)26-25(33)28-22(30)13-31-21-7-5-4-6-15(21)2/h4-12,29H,13H2,1-3H3,(H2,26,28,30,33). The summed E-state index contributed by atoms with van der Waals surface area (Å²) in [4.78, 5) is 16.6. The van der Waals surface area contributed by atoms with Crippen molar-refractivity contribution in [3.8, 4) is 23.0 Å². The largest absolute Gasteiger partial charge is 0.507 e. The summed E-state index contributed by atoms with van der Waals surface area (Å²) in [7, 11) is 0. The summed E-state index contributed by atoms with van der Waals surface area (Å²) in [6.07, 6.45) is 0. The van der Waals surface area contributed by atoms with Crippen LogP contribution >= 0.6 is 12.2 Å². The number of rotatable bonds is 5. The van der Waals surface area contributed by atoms with E-state index in [1.807, 2.05) is 51.1 Å². The molecule has 0 spiro atoms. The normalized spacial score (nSPS) is 10.8. The molecular formula is C25H23N3O4S. The van der Waals surface area contributed by atoms with E-state index in [1.165, 1.54) is 6.07 Å². The Hall–Kier alpha value is -3.91. The highest BCUT2D eigenvalue weighted by molar-refractivity contribution is 7.80. The number of thiocarbonyl (C=S) groups is 1. The first kappa shape index (κ1) is 22.3. The molecule has 1 heterocycles. The van der Waals surface area contributed by atoms with Crippen molar-refractivity contribution in [3.63, 3.8) is 0 Å². The van der Waals surface area contributed by atoms with Crippen LogP contribution in [0, 0.1) is 20.8 Å². The van der Waals surface area contributed by atoms with E-state index in [0.717, 1.165) is 22.2 Å². The number of phenols is 1. The van der Waals surface area contributed by atoms with Gasteiger partial charge >= 0.3 is 0 Å². The molecule has 0 aliphatic rings.